The molecule has 0 saturated heterocycles. The summed E-state index contributed by atoms with van der Waals surface area (Å²) in [5.74, 6) is 0. The van der Waals surface area contributed by atoms with Crippen molar-refractivity contribution in [2.24, 2.45) is 0 Å². The summed E-state index contributed by atoms with van der Waals surface area (Å²) < 4.78 is 1.30. The molecule has 3 heteroatoms. The second kappa shape index (κ2) is 5.48. The average molecular weight is 376 g/mol. The van der Waals surface area contributed by atoms with Gasteiger partial charge >= 0.3 is 0 Å². The number of rotatable bonds is 2. The highest BCUT2D eigenvalue weighted by Crippen LogP contribution is 2.32. The molecule has 0 N–H and O–H groups in total. The molecule has 0 aliphatic carbocycles. The minimum absolute atomic E-state index is 0.286. The molecular weight excluding hydrogens is 359 g/mol. The molecule has 2 aromatic carbocycles. The first-order valence-corrected chi connectivity index (χ1v) is 7.81. The van der Waals surface area contributed by atoms with Crippen LogP contribution in [0.1, 0.15) is 12.5 Å². The van der Waals surface area contributed by atoms with E-state index in [0.29, 0.717) is 0 Å². The van der Waals surface area contributed by atoms with Crippen molar-refractivity contribution in [3.8, 4) is 0 Å². The second-order valence-electron chi connectivity index (χ2n) is 4.96. The number of anilines is 2. The summed E-state index contributed by atoms with van der Waals surface area (Å²) >= 11 is 2.40. The first kappa shape index (κ1) is 13.5. The Balaban J connectivity index is 1.92. The molecule has 1 aliphatic rings. The van der Waals surface area contributed by atoms with Gasteiger partial charge in [-0.1, -0.05) is 24.3 Å². The second-order valence-corrected chi connectivity index (χ2v) is 6.13. The number of hydrogen-bond donors (Lipinski definition) is 0. The van der Waals surface area contributed by atoms with Crippen LogP contribution >= 0.6 is 22.6 Å². The fraction of sp³-hybridized carbons (Fsp3) is 0.176. The first-order valence-electron chi connectivity index (χ1n) is 6.73. The average Bonchev–Trinajstić information content (AvgIpc) is 2.85. The third-order valence-electron chi connectivity index (χ3n) is 3.76. The fourth-order valence-electron chi connectivity index (χ4n) is 2.59. The molecule has 2 nitrogen and oxygen atoms in total. The zero-order valence-corrected chi connectivity index (χ0v) is 13.8. The third kappa shape index (κ3) is 2.30. The Hall–Kier alpha value is -1.49. The molecule has 0 bridgehead atoms. The molecule has 0 aromatic heterocycles. The highest BCUT2D eigenvalue weighted by Gasteiger charge is 2.25. The van der Waals surface area contributed by atoms with Crippen LogP contribution in [-0.4, -0.2) is 6.17 Å². The van der Waals surface area contributed by atoms with Gasteiger partial charge in [0.1, 0.15) is 6.17 Å². The van der Waals surface area contributed by atoms with Crippen molar-refractivity contribution in [2.45, 2.75) is 20.0 Å². The van der Waals surface area contributed by atoms with E-state index in [2.05, 4.69) is 107 Å². The summed E-state index contributed by atoms with van der Waals surface area (Å²) in [5, 5.41) is 0. The Morgan fingerprint density at radius 2 is 1.60 bits per heavy atom. The van der Waals surface area contributed by atoms with Crippen LogP contribution in [0.3, 0.4) is 0 Å². The predicted octanol–water partition coefficient (Wildman–Crippen LogP) is 4.74. The van der Waals surface area contributed by atoms with Crippen LogP contribution in [0.5, 0.6) is 0 Å². The van der Waals surface area contributed by atoms with Crippen molar-refractivity contribution >= 4 is 34.0 Å². The molecule has 102 valence electrons. The molecular formula is C17H17IN2. The highest BCUT2D eigenvalue weighted by atomic mass is 127. The lowest BCUT2D eigenvalue weighted by Crippen LogP contribution is -2.36. The molecule has 1 atom stereocenters. The van der Waals surface area contributed by atoms with E-state index in [9.17, 15) is 0 Å². The molecule has 1 heterocycles. The summed E-state index contributed by atoms with van der Waals surface area (Å²) in [6.07, 6.45) is 4.60. The first-order chi connectivity index (χ1) is 9.68. The summed E-state index contributed by atoms with van der Waals surface area (Å²) in [7, 11) is 0. The van der Waals surface area contributed by atoms with E-state index in [1.807, 2.05) is 0 Å². The van der Waals surface area contributed by atoms with E-state index in [1.165, 1.54) is 20.5 Å². The van der Waals surface area contributed by atoms with Crippen molar-refractivity contribution in [3.05, 3.63) is 70.1 Å². The van der Waals surface area contributed by atoms with Crippen molar-refractivity contribution in [1.29, 1.82) is 0 Å². The van der Waals surface area contributed by atoms with E-state index in [4.69, 9.17) is 0 Å². The normalized spacial score (nSPS) is 17.9. The quantitative estimate of drug-likeness (QED) is 0.699. The number of halogens is 1. The van der Waals surface area contributed by atoms with E-state index in [-0.39, 0.29) is 6.17 Å². The smallest absolute Gasteiger partial charge is 0.107 e. The maximum Gasteiger partial charge on any atom is 0.107 e. The Kier molecular flexibility index (Phi) is 3.70. The van der Waals surface area contributed by atoms with Crippen molar-refractivity contribution in [2.75, 3.05) is 9.80 Å². The number of benzene rings is 2. The summed E-state index contributed by atoms with van der Waals surface area (Å²) in [5.41, 5.74) is 3.83. The van der Waals surface area contributed by atoms with Crippen molar-refractivity contribution in [3.63, 3.8) is 0 Å². The van der Waals surface area contributed by atoms with Gasteiger partial charge in [0.25, 0.3) is 0 Å². The van der Waals surface area contributed by atoms with E-state index >= 15 is 0 Å². The van der Waals surface area contributed by atoms with E-state index in [0.717, 1.165) is 0 Å². The van der Waals surface area contributed by atoms with Crippen molar-refractivity contribution in [1.82, 2.24) is 0 Å². The number of nitrogens with zero attached hydrogens (tertiary/aromatic N) is 2. The Morgan fingerprint density at radius 3 is 2.35 bits per heavy atom. The van der Waals surface area contributed by atoms with Gasteiger partial charge in [-0.2, -0.15) is 0 Å². The van der Waals surface area contributed by atoms with Crippen molar-refractivity contribution < 1.29 is 0 Å². The standard InChI is InChI=1S/C17H17IN2/c1-13-16(18)9-6-10-17(13)20-12-11-19(14(20)2)15-7-4-3-5-8-15/h3-12,14H,1-2H3/t14-/m0/s1. The molecule has 0 fully saturated rings. The van der Waals surface area contributed by atoms with Gasteiger partial charge < -0.3 is 9.80 Å². The molecule has 0 saturated carbocycles. The lowest BCUT2D eigenvalue weighted by Gasteiger charge is -2.31. The Bertz CT molecular complexity index is 637. The topological polar surface area (TPSA) is 6.48 Å². The molecule has 0 radical (unpaired) electrons. The van der Waals surface area contributed by atoms with Gasteiger partial charge in [0.05, 0.1) is 0 Å². The molecule has 1 aliphatic heterocycles. The predicted molar refractivity (Wildman–Crippen MR) is 93.9 cm³/mol. The summed E-state index contributed by atoms with van der Waals surface area (Å²) in [6.45, 7) is 4.41. The fourth-order valence-corrected chi connectivity index (χ4v) is 3.07. The van der Waals surface area contributed by atoms with Gasteiger partial charge in [-0.15, -0.1) is 0 Å². The van der Waals surface area contributed by atoms with Gasteiger partial charge in [0.2, 0.25) is 0 Å². The van der Waals surface area contributed by atoms with Crippen LogP contribution in [0.4, 0.5) is 11.4 Å². The monoisotopic (exact) mass is 376 g/mol. The SMILES string of the molecule is Cc1c(I)cccc1N1C=CN(c2ccccc2)[C@@H]1C. The summed E-state index contributed by atoms with van der Waals surface area (Å²) in [6, 6.07) is 17.0. The van der Waals surface area contributed by atoms with Gasteiger partial charge in [-0.3, -0.25) is 0 Å². The van der Waals surface area contributed by atoms with Gasteiger partial charge in [0, 0.05) is 27.3 Å². The minimum atomic E-state index is 0.286. The lowest BCUT2D eigenvalue weighted by molar-refractivity contribution is 0.748. The maximum absolute atomic E-state index is 2.40. The van der Waals surface area contributed by atoms with E-state index in [1.54, 1.807) is 0 Å². The van der Waals surface area contributed by atoms with Gasteiger partial charge in [-0.25, -0.2) is 0 Å². The molecule has 3 rings (SSSR count). The largest absolute Gasteiger partial charge is 0.326 e. The summed E-state index contributed by atoms with van der Waals surface area (Å²) in [4.78, 5) is 4.61. The van der Waals surface area contributed by atoms with Crippen LogP contribution in [0.15, 0.2) is 60.9 Å². The van der Waals surface area contributed by atoms with Crippen LogP contribution < -0.4 is 9.80 Å². The Labute approximate surface area is 133 Å². The third-order valence-corrected chi connectivity index (χ3v) is 4.93. The van der Waals surface area contributed by atoms with Crippen LogP contribution in [0.25, 0.3) is 0 Å². The van der Waals surface area contributed by atoms with Crippen LogP contribution in [0.2, 0.25) is 0 Å². The molecule has 0 unspecified atom stereocenters. The molecule has 20 heavy (non-hydrogen) atoms. The van der Waals surface area contributed by atoms with Crippen LogP contribution in [0, 0.1) is 10.5 Å². The molecule has 2 aromatic rings. The lowest BCUT2D eigenvalue weighted by atomic mass is 10.2. The number of para-hydroxylation sites is 1. The van der Waals surface area contributed by atoms with Crippen LogP contribution in [-0.2, 0) is 0 Å². The maximum atomic E-state index is 2.40. The minimum Gasteiger partial charge on any atom is -0.326 e. The number of hydrogen-bond acceptors (Lipinski definition) is 2. The molecule has 0 spiro atoms. The van der Waals surface area contributed by atoms with E-state index < -0.39 is 0 Å². The zero-order valence-electron chi connectivity index (χ0n) is 11.6. The van der Waals surface area contributed by atoms with Gasteiger partial charge in [0.15, 0.2) is 0 Å². The van der Waals surface area contributed by atoms with Gasteiger partial charge in [-0.05, 0) is 66.3 Å². The molecule has 0 amide bonds. The highest BCUT2D eigenvalue weighted by molar-refractivity contribution is 14.1. The Morgan fingerprint density at radius 1 is 0.900 bits per heavy atom. The zero-order chi connectivity index (χ0) is 14.1.